The zero-order valence-electron chi connectivity index (χ0n) is 11.0. The van der Waals surface area contributed by atoms with Crippen LogP contribution in [0.25, 0.3) is 10.8 Å². The average Bonchev–Trinajstić information content (AvgIpc) is 2.84. The molecule has 0 spiro atoms. The summed E-state index contributed by atoms with van der Waals surface area (Å²) in [6.45, 7) is 4.11. The van der Waals surface area contributed by atoms with Gasteiger partial charge in [-0.1, -0.05) is 67.2 Å². The summed E-state index contributed by atoms with van der Waals surface area (Å²) in [6, 6.07) is 23.0. The molecule has 0 saturated heterocycles. The summed E-state index contributed by atoms with van der Waals surface area (Å²) in [4.78, 5) is 0. The first-order valence-corrected chi connectivity index (χ1v) is 6.78. The Kier molecular flexibility index (Phi) is 2.40. The van der Waals surface area contributed by atoms with E-state index in [0.717, 1.165) is 11.5 Å². The van der Waals surface area contributed by atoms with Gasteiger partial charge in [-0.2, -0.15) is 0 Å². The van der Waals surface area contributed by atoms with Gasteiger partial charge in [-0.15, -0.1) is 0 Å². The molecule has 4 rings (SSSR count). The molecule has 1 atom stereocenters. The second-order valence-corrected chi connectivity index (χ2v) is 5.11. The quantitative estimate of drug-likeness (QED) is 0.604. The molecule has 1 heterocycles. The Balaban J connectivity index is 2.02. The van der Waals surface area contributed by atoms with Crippen LogP contribution in [0.5, 0.6) is 5.75 Å². The lowest BCUT2D eigenvalue weighted by Gasteiger charge is -2.12. The first-order valence-electron chi connectivity index (χ1n) is 6.78. The molecule has 0 fully saturated rings. The minimum atomic E-state index is 0.122. The Morgan fingerprint density at radius 3 is 2.40 bits per heavy atom. The van der Waals surface area contributed by atoms with Gasteiger partial charge in [0.15, 0.2) is 0 Å². The lowest BCUT2D eigenvalue weighted by Crippen LogP contribution is -1.99. The summed E-state index contributed by atoms with van der Waals surface area (Å²) >= 11 is 0. The van der Waals surface area contributed by atoms with E-state index < -0.39 is 0 Å². The van der Waals surface area contributed by atoms with E-state index in [4.69, 9.17) is 4.74 Å². The summed E-state index contributed by atoms with van der Waals surface area (Å²) in [7, 11) is 0. The van der Waals surface area contributed by atoms with E-state index in [0.29, 0.717) is 0 Å². The number of rotatable bonds is 1. The fourth-order valence-electron chi connectivity index (χ4n) is 3.02. The molecule has 0 aliphatic carbocycles. The molecule has 0 unspecified atom stereocenters. The molecule has 1 aliphatic heterocycles. The lowest BCUT2D eigenvalue weighted by molar-refractivity contribution is 0.439. The molecule has 0 aromatic heterocycles. The van der Waals surface area contributed by atoms with Gasteiger partial charge < -0.3 is 4.74 Å². The first-order chi connectivity index (χ1) is 9.84. The number of ether oxygens (including phenoxy) is 1. The van der Waals surface area contributed by atoms with Crippen LogP contribution in [-0.4, -0.2) is 0 Å². The zero-order valence-corrected chi connectivity index (χ0v) is 11.0. The highest BCUT2D eigenvalue weighted by Gasteiger charge is 2.31. The van der Waals surface area contributed by atoms with Crippen molar-refractivity contribution in [2.75, 3.05) is 0 Å². The fraction of sp³-hybridized carbons (Fsp3) is 0.0526. The monoisotopic (exact) mass is 258 g/mol. The van der Waals surface area contributed by atoms with E-state index >= 15 is 0 Å². The molecule has 20 heavy (non-hydrogen) atoms. The molecule has 0 radical (unpaired) electrons. The topological polar surface area (TPSA) is 9.23 Å². The van der Waals surface area contributed by atoms with Gasteiger partial charge in [-0.05, 0) is 22.4 Å². The molecular formula is C19H14O. The number of hydrogen-bond donors (Lipinski definition) is 0. The summed E-state index contributed by atoms with van der Waals surface area (Å²) in [6.07, 6.45) is 0. The lowest BCUT2D eigenvalue weighted by atomic mass is 9.88. The predicted octanol–water partition coefficient (Wildman–Crippen LogP) is 4.88. The Morgan fingerprint density at radius 1 is 0.800 bits per heavy atom. The van der Waals surface area contributed by atoms with E-state index in [1.807, 2.05) is 12.1 Å². The van der Waals surface area contributed by atoms with Crippen LogP contribution >= 0.6 is 0 Å². The Labute approximate surface area is 118 Å². The average molecular weight is 258 g/mol. The van der Waals surface area contributed by atoms with Gasteiger partial charge in [0.25, 0.3) is 0 Å². The smallest absolute Gasteiger partial charge is 0.131 e. The largest absolute Gasteiger partial charge is 0.461 e. The van der Waals surface area contributed by atoms with Crippen molar-refractivity contribution in [3.8, 4) is 5.75 Å². The van der Waals surface area contributed by atoms with Crippen LogP contribution in [0, 0.1) is 0 Å². The van der Waals surface area contributed by atoms with Gasteiger partial charge in [-0.25, -0.2) is 0 Å². The minimum Gasteiger partial charge on any atom is -0.461 e. The highest BCUT2D eigenvalue weighted by atomic mass is 16.5. The molecule has 0 saturated carbocycles. The fourth-order valence-corrected chi connectivity index (χ4v) is 3.02. The van der Waals surface area contributed by atoms with Gasteiger partial charge in [0.05, 0.1) is 5.92 Å². The Bertz CT molecular complexity index is 802. The van der Waals surface area contributed by atoms with Crippen LogP contribution in [0.15, 0.2) is 79.1 Å². The van der Waals surface area contributed by atoms with E-state index in [1.54, 1.807) is 0 Å². The molecule has 1 heteroatoms. The molecule has 0 bridgehead atoms. The maximum atomic E-state index is 5.89. The van der Waals surface area contributed by atoms with Crippen molar-refractivity contribution in [1.29, 1.82) is 0 Å². The van der Waals surface area contributed by atoms with Crippen molar-refractivity contribution in [3.05, 3.63) is 90.2 Å². The number of hydrogen-bond acceptors (Lipinski definition) is 1. The van der Waals surface area contributed by atoms with E-state index in [1.165, 1.54) is 21.9 Å². The van der Waals surface area contributed by atoms with Crippen LogP contribution in [0.4, 0.5) is 0 Å². The normalized spacial score (nSPS) is 17.0. The Hall–Kier alpha value is -2.54. The van der Waals surface area contributed by atoms with Crippen molar-refractivity contribution < 1.29 is 4.74 Å². The second-order valence-electron chi connectivity index (χ2n) is 5.11. The summed E-state index contributed by atoms with van der Waals surface area (Å²) < 4.78 is 5.89. The highest BCUT2D eigenvalue weighted by Crippen LogP contribution is 2.47. The SMILES string of the molecule is C=C1Oc2ccc3ccccc3c2[C@H]1c1ccccc1. The van der Waals surface area contributed by atoms with Gasteiger partial charge in [-0.3, -0.25) is 0 Å². The molecular weight excluding hydrogens is 244 g/mol. The molecule has 3 aromatic rings. The van der Waals surface area contributed by atoms with Crippen molar-refractivity contribution >= 4 is 10.8 Å². The number of benzene rings is 3. The summed E-state index contributed by atoms with van der Waals surface area (Å²) in [5.74, 6) is 1.86. The van der Waals surface area contributed by atoms with Crippen molar-refractivity contribution in [2.45, 2.75) is 5.92 Å². The number of allylic oxidation sites excluding steroid dienone is 1. The van der Waals surface area contributed by atoms with Gasteiger partial charge >= 0.3 is 0 Å². The third kappa shape index (κ3) is 1.56. The van der Waals surface area contributed by atoms with Gasteiger partial charge in [0, 0.05) is 5.56 Å². The second kappa shape index (κ2) is 4.24. The maximum Gasteiger partial charge on any atom is 0.131 e. The van der Waals surface area contributed by atoms with Gasteiger partial charge in [0.1, 0.15) is 11.5 Å². The van der Waals surface area contributed by atoms with Crippen LogP contribution in [0.2, 0.25) is 0 Å². The Morgan fingerprint density at radius 2 is 1.55 bits per heavy atom. The summed E-state index contributed by atoms with van der Waals surface area (Å²) in [5, 5.41) is 2.49. The molecule has 0 amide bonds. The van der Waals surface area contributed by atoms with Crippen LogP contribution in [0.3, 0.4) is 0 Å². The molecule has 1 aliphatic rings. The summed E-state index contributed by atoms with van der Waals surface area (Å²) in [5.41, 5.74) is 2.46. The standard InChI is InChI=1S/C19H14O/c1-13-18(15-8-3-2-4-9-15)19-16-10-6-5-7-14(16)11-12-17(19)20-13/h2-12,18H,1H2/t18-/m1/s1. The van der Waals surface area contributed by atoms with Crippen LogP contribution in [-0.2, 0) is 0 Å². The number of fused-ring (bicyclic) bond motifs is 3. The third-order valence-corrected chi connectivity index (χ3v) is 3.92. The van der Waals surface area contributed by atoms with Gasteiger partial charge in [0.2, 0.25) is 0 Å². The molecule has 96 valence electrons. The zero-order chi connectivity index (χ0) is 13.5. The van der Waals surface area contributed by atoms with Crippen molar-refractivity contribution in [3.63, 3.8) is 0 Å². The van der Waals surface area contributed by atoms with E-state index in [9.17, 15) is 0 Å². The van der Waals surface area contributed by atoms with Crippen molar-refractivity contribution in [1.82, 2.24) is 0 Å². The van der Waals surface area contributed by atoms with E-state index in [-0.39, 0.29) is 5.92 Å². The predicted molar refractivity (Wildman–Crippen MR) is 82.0 cm³/mol. The first kappa shape index (κ1) is 11.3. The van der Waals surface area contributed by atoms with E-state index in [2.05, 4.69) is 61.2 Å². The minimum absolute atomic E-state index is 0.122. The molecule has 0 N–H and O–H groups in total. The third-order valence-electron chi connectivity index (χ3n) is 3.92. The van der Waals surface area contributed by atoms with Crippen LogP contribution < -0.4 is 4.74 Å². The highest BCUT2D eigenvalue weighted by molar-refractivity contribution is 5.90. The molecule has 1 nitrogen and oxygen atoms in total. The maximum absolute atomic E-state index is 5.89. The molecule has 3 aromatic carbocycles. The van der Waals surface area contributed by atoms with Crippen LogP contribution in [0.1, 0.15) is 17.0 Å². The van der Waals surface area contributed by atoms with Crippen molar-refractivity contribution in [2.24, 2.45) is 0 Å².